The second-order valence-corrected chi connectivity index (χ2v) is 4.85. The van der Waals surface area contributed by atoms with Crippen molar-refractivity contribution in [3.63, 3.8) is 0 Å². The van der Waals surface area contributed by atoms with E-state index in [4.69, 9.17) is 16.7 Å². The Hall–Kier alpha value is -0.580. The Labute approximate surface area is 82.6 Å². The summed E-state index contributed by atoms with van der Waals surface area (Å²) in [6, 6.07) is 3.21. The summed E-state index contributed by atoms with van der Waals surface area (Å²) in [5, 5.41) is 5.43. The minimum Gasteiger partial charge on any atom is -0.225 e. The van der Waals surface area contributed by atoms with Crippen LogP contribution in [0.25, 0.3) is 0 Å². The third kappa shape index (κ3) is 2.21. The number of benzene rings is 1. The molecular weight excluding hydrogens is 210 g/mol. The summed E-state index contributed by atoms with van der Waals surface area (Å²) < 4.78 is 22.2. The first-order valence-electron chi connectivity index (χ1n) is 3.62. The van der Waals surface area contributed by atoms with Crippen molar-refractivity contribution in [3.05, 3.63) is 28.3 Å². The number of aryl methyl sites for hydroxylation is 1. The molecule has 0 aromatic heterocycles. The van der Waals surface area contributed by atoms with E-state index in [1.165, 1.54) is 6.07 Å². The van der Waals surface area contributed by atoms with Gasteiger partial charge < -0.3 is 0 Å². The molecule has 0 bridgehead atoms. The van der Waals surface area contributed by atoms with Crippen LogP contribution < -0.4 is 5.14 Å². The number of hydrogen-bond acceptors (Lipinski definition) is 2. The summed E-state index contributed by atoms with van der Waals surface area (Å²) in [6.07, 6.45) is 0. The second-order valence-electron chi connectivity index (χ2n) is 2.91. The van der Waals surface area contributed by atoms with E-state index in [0.717, 1.165) is 5.56 Å². The van der Waals surface area contributed by atoms with Crippen LogP contribution in [0.2, 0.25) is 5.02 Å². The molecule has 0 radical (unpaired) electrons. The molecule has 13 heavy (non-hydrogen) atoms. The molecule has 0 aliphatic heterocycles. The van der Waals surface area contributed by atoms with Gasteiger partial charge in [0.1, 0.15) is 0 Å². The zero-order valence-electron chi connectivity index (χ0n) is 7.33. The van der Waals surface area contributed by atoms with E-state index in [1.54, 1.807) is 19.9 Å². The molecule has 0 spiro atoms. The van der Waals surface area contributed by atoms with Crippen LogP contribution >= 0.6 is 11.6 Å². The Morgan fingerprint density at radius 1 is 1.31 bits per heavy atom. The normalized spacial score (nSPS) is 11.7. The van der Waals surface area contributed by atoms with Gasteiger partial charge in [0, 0.05) is 5.02 Å². The summed E-state index contributed by atoms with van der Waals surface area (Å²) >= 11 is 5.81. The van der Waals surface area contributed by atoms with Gasteiger partial charge in [-0.1, -0.05) is 11.6 Å². The van der Waals surface area contributed by atoms with E-state index in [-0.39, 0.29) is 4.90 Å². The topological polar surface area (TPSA) is 60.2 Å². The standard InChI is InChI=1S/C8H10ClNO2S/c1-5-3-7(9)6(2)8(4-5)13(10,11)12/h3-4H,1-2H3,(H2,10,11,12). The van der Waals surface area contributed by atoms with E-state index in [2.05, 4.69) is 0 Å². The van der Waals surface area contributed by atoms with Gasteiger partial charge in [-0.15, -0.1) is 0 Å². The highest BCUT2D eigenvalue weighted by molar-refractivity contribution is 7.89. The fourth-order valence-electron chi connectivity index (χ4n) is 1.08. The lowest BCUT2D eigenvalue weighted by Gasteiger charge is -2.06. The van der Waals surface area contributed by atoms with Crippen molar-refractivity contribution in [1.82, 2.24) is 0 Å². The average molecular weight is 220 g/mol. The Morgan fingerprint density at radius 3 is 2.31 bits per heavy atom. The van der Waals surface area contributed by atoms with Crippen molar-refractivity contribution >= 4 is 21.6 Å². The maximum atomic E-state index is 11.1. The summed E-state index contributed by atoms with van der Waals surface area (Å²) in [5.74, 6) is 0. The molecular formula is C8H10ClNO2S. The predicted octanol–water partition coefficient (Wildman–Crippen LogP) is 1.60. The zero-order chi connectivity index (χ0) is 10.2. The largest absolute Gasteiger partial charge is 0.238 e. The number of nitrogens with two attached hydrogens (primary N) is 1. The number of halogens is 1. The highest BCUT2D eigenvalue weighted by Crippen LogP contribution is 2.23. The Balaban J connectivity index is 3.56. The van der Waals surface area contributed by atoms with Crippen molar-refractivity contribution in [2.24, 2.45) is 5.14 Å². The smallest absolute Gasteiger partial charge is 0.225 e. The highest BCUT2D eigenvalue weighted by Gasteiger charge is 2.13. The second kappa shape index (κ2) is 3.29. The Kier molecular flexibility index (Phi) is 2.66. The number of sulfonamides is 1. The van der Waals surface area contributed by atoms with Gasteiger partial charge in [-0.2, -0.15) is 0 Å². The minimum atomic E-state index is -3.66. The van der Waals surface area contributed by atoms with Crippen LogP contribution in [0.15, 0.2) is 17.0 Å². The molecule has 1 aromatic carbocycles. The molecule has 5 heteroatoms. The van der Waals surface area contributed by atoms with Crippen LogP contribution in [0.1, 0.15) is 11.1 Å². The van der Waals surface area contributed by atoms with E-state index >= 15 is 0 Å². The number of primary sulfonamides is 1. The molecule has 0 unspecified atom stereocenters. The molecule has 0 heterocycles. The third-order valence-electron chi connectivity index (χ3n) is 1.75. The third-order valence-corrected chi connectivity index (χ3v) is 3.18. The molecule has 0 aliphatic rings. The molecule has 0 atom stereocenters. The molecule has 1 rings (SSSR count). The SMILES string of the molecule is Cc1cc(Cl)c(C)c(S(N)(=O)=O)c1. The van der Waals surface area contributed by atoms with Gasteiger partial charge in [0.15, 0.2) is 0 Å². The van der Waals surface area contributed by atoms with Crippen LogP contribution in [0.5, 0.6) is 0 Å². The molecule has 0 aliphatic carbocycles. The van der Waals surface area contributed by atoms with Crippen molar-refractivity contribution < 1.29 is 8.42 Å². The first-order chi connectivity index (χ1) is 5.82. The zero-order valence-corrected chi connectivity index (χ0v) is 8.91. The van der Waals surface area contributed by atoms with Crippen LogP contribution in [0, 0.1) is 13.8 Å². The highest BCUT2D eigenvalue weighted by atomic mass is 35.5. The van der Waals surface area contributed by atoms with E-state index in [0.29, 0.717) is 10.6 Å². The summed E-state index contributed by atoms with van der Waals surface area (Å²) in [7, 11) is -3.66. The molecule has 0 saturated heterocycles. The van der Waals surface area contributed by atoms with Crippen LogP contribution in [0.4, 0.5) is 0 Å². The molecule has 2 N–H and O–H groups in total. The molecule has 72 valence electrons. The molecule has 0 saturated carbocycles. The van der Waals surface area contributed by atoms with E-state index < -0.39 is 10.0 Å². The lowest BCUT2D eigenvalue weighted by molar-refractivity contribution is 0.597. The molecule has 1 aromatic rings. The monoisotopic (exact) mass is 219 g/mol. The Morgan fingerprint density at radius 2 is 1.85 bits per heavy atom. The maximum absolute atomic E-state index is 11.1. The molecule has 0 fully saturated rings. The summed E-state index contributed by atoms with van der Waals surface area (Å²) in [5.41, 5.74) is 1.27. The van der Waals surface area contributed by atoms with Crippen molar-refractivity contribution in [3.8, 4) is 0 Å². The Bertz CT molecular complexity index is 440. The van der Waals surface area contributed by atoms with Gasteiger partial charge in [0.2, 0.25) is 10.0 Å². The van der Waals surface area contributed by atoms with Crippen molar-refractivity contribution in [2.45, 2.75) is 18.7 Å². The number of rotatable bonds is 1. The summed E-state index contributed by atoms with van der Waals surface area (Å²) in [6.45, 7) is 3.39. The van der Waals surface area contributed by atoms with Crippen LogP contribution in [-0.4, -0.2) is 8.42 Å². The van der Waals surface area contributed by atoms with Gasteiger partial charge in [0.05, 0.1) is 4.90 Å². The van der Waals surface area contributed by atoms with E-state index in [9.17, 15) is 8.42 Å². The first-order valence-corrected chi connectivity index (χ1v) is 5.54. The van der Waals surface area contributed by atoms with E-state index in [1.807, 2.05) is 0 Å². The maximum Gasteiger partial charge on any atom is 0.238 e. The average Bonchev–Trinajstić information content (AvgIpc) is 1.94. The first kappa shape index (κ1) is 10.5. The fourth-order valence-corrected chi connectivity index (χ4v) is 2.29. The molecule has 0 amide bonds. The summed E-state index contributed by atoms with van der Waals surface area (Å²) in [4.78, 5) is 0.0949. The predicted molar refractivity (Wildman–Crippen MR) is 52.3 cm³/mol. The van der Waals surface area contributed by atoms with Crippen molar-refractivity contribution in [2.75, 3.05) is 0 Å². The van der Waals surface area contributed by atoms with Gasteiger partial charge in [-0.05, 0) is 37.1 Å². The quantitative estimate of drug-likeness (QED) is 0.780. The lowest BCUT2D eigenvalue weighted by atomic mass is 10.2. The fraction of sp³-hybridized carbons (Fsp3) is 0.250. The molecule has 3 nitrogen and oxygen atoms in total. The van der Waals surface area contributed by atoms with Gasteiger partial charge in [-0.25, -0.2) is 13.6 Å². The van der Waals surface area contributed by atoms with Crippen LogP contribution in [-0.2, 0) is 10.0 Å². The van der Waals surface area contributed by atoms with Gasteiger partial charge >= 0.3 is 0 Å². The van der Waals surface area contributed by atoms with Crippen molar-refractivity contribution in [1.29, 1.82) is 0 Å². The minimum absolute atomic E-state index is 0.0949. The number of hydrogen-bond donors (Lipinski definition) is 1. The van der Waals surface area contributed by atoms with Gasteiger partial charge in [0.25, 0.3) is 0 Å². The lowest BCUT2D eigenvalue weighted by Crippen LogP contribution is -2.14. The van der Waals surface area contributed by atoms with Crippen LogP contribution in [0.3, 0.4) is 0 Å². The van der Waals surface area contributed by atoms with Gasteiger partial charge in [-0.3, -0.25) is 0 Å².